The third kappa shape index (κ3) is 4.09. The molecule has 0 aliphatic carbocycles. The van der Waals surface area contributed by atoms with Crippen LogP contribution in [0.15, 0.2) is 42.5 Å². The SMILES string of the molecule is CC(C(=O)O)c1cccc(NC(=O)Cc2ccc3c(c2)OCCO3)c1. The Balaban J connectivity index is 1.67. The molecule has 1 unspecified atom stereocenters. The van der Waals surface area contributed by atoms with Crippen molar-refractivity contribution >= 4 is 17.6 Å². The molecule has 6 nitrogen and oxygen atoms in total. The first-order valence-electron chi connectivity index (χ1n) is 8.04. The van der Waals surface area contributed by atoms with Gasteiger partial charge in [0.25, 0.3) is 0 Å². The maximum Gasteiger partial charge on any atom is 0.310 e. The number of anilines is 1. The standard InChI is InChI=1S/C19H19NO5/c1-12(19(22)23)14-3-2-4-15(11-14)20-18(21)10-13-5-6-16-17(9-13)25-8-7-24-16/h2-6,9,11-12H,7-8,10H2,1H3,(H,20,21)(H,22,23). The minimum absolute atomic E-state index is 0.184. The molecule has 0 bridgehead atoms. The number of hydrogen-bond acceptors (Lipinski definition) is 4. The molecule has 0 spiro atoms. The number of benzene rings is 2. The molecule has 0 radical (unpaired) electrons. The molecule has 1 atom stereocenters. The predicted molar refractivity (Wildman–Crippen MR) is 92.3 cm³/mol. The quantitative estimate of drug-likeness (QED) is 0.873. The van der Waals surface area contributed by atoms with E-state index in [2.05, 4.69) is 5.32 Å². The number of carboxylic acid groups (broad SMARTS) is 1. The highest BCUT2D eigenvalue weighted by atomic mass is 16.6. The van der Waals surface area contributed by atoms with E-state index in [1.165, 1.54) is 0 Å². The van der Waals surface area contributed by atoms with Gasteiger partial charge >= 0.3 is 5.97 Å². The van der Waals surface area contributed by atoms with E-state index in [0.717, 1.165) is 5.56 Å². The Kier molecular flexibility index (Phi) is 4.88. The van der Waals surface area contributed by atoms with Crippen LogP contribution in [-0.2, 0) is 16.0 Å². The van der Waals surface area contributed by atoms with Crippen LogP contribution in [0.5, 0.6) is 11.5 Å². The Morgan fingerprint density at radius 3 is 2.64 bits per heavy atom. The topological polar surface area (TPSA) is 84.9 Å². The summed E-state index contributed by atoms with van der Waals surface area (Å²) in [5.74, 6) is -0.384. The molecule has 25 heavy (non-hydrogen) atoms. The van der Waals surface area contributed by atoms with E-state index in [1.54, 1.807) is 43.3 Å². The lowest BCUT2D eigenvalue weighted by molar-refractivity contribution is -0.138. The zero-order chi connectivity index (χ0) is 17.8. The summed E-state index contributed by atoms with van der Waals surface area (Å²) in [5, 5.41) is 11.9. The van der Waals surface area contributed by atoms with Crippen LogP contribution in [0.2, 0.25) is 0 Å². The van der Waals surface area contributed by atoms with Gasteiger partial charge in [-0.15, -0.1) is 0 Å². The van der Waals surface area contributed by atoms with Crippen molar-refractivity contribution in [3.05, 3.63) is 53.6 Å². The molecule has 0 saturated carbocycles. The van der Waals surface area contributed by atoms with E-state index in [9.17, 15) is 9.59 Å². The highest BCUT2D eigenvalue weighted by Crippen LogP contribution is 2.31. The van der Waals surface area contributed by atoms with E-state index in [4.69, 9.17) is 14.6 Å². The largest absolute Gasteiger partial charge is 0.486 e. The van der Waals surface area contributed by atoms with E-state index in [1.807, 2.05) is 6.07 Å². The number of aliphatic carboxylic acids is 1. The van der Waals surface area contributed by atoms with E-state index < -0.39 is 11.9 Å². The van der Waals surface area contributed by atoms with Crippen LogP contribution in [0, 0.1) is 0 Å². The van der Waals surface area contributed by atoms with Gasteiger partial charge in [0, 0.05) is 5.69 Å². The summed E-state index contributed by atoms with van der Waals surface area (Å²) in [6.07, 6.45) is 0.190. The van der Waals surface area contributed by atoms with Crippen molar-refractivity contribution in [1.29, 1.82) is 0 Å². The summed E-state index contributed by atoms with van der Waals surface area (Å²) in [4.78, 5) is 23.3. The van der Waals surface area contributed by atoms with Crippen molar-refractivity contribution in [2.45, 2.75) is 19.3 Å². The summed E-state index contributed by atoms with van der Waals surface area (Å²) in [7, 11) is 0. The minimum atomic E-state index is -0.903. The maximum absolute atomic E-state index is 12.3. The Hall–Kier alpha value is -3.02. The highest BCUT2D eigenvalue weighted by Gasteiger charge is 2.15. The van der Waals surface area contributed by atoms with Crippen LogP contribution in [-0.4, -0.2) is 30.2 Å². The van der Waals surface area contributed by atoms with Gasteiger partial charge in [-0.25, -0.2) is 0 Å². The zero-order valence-electron chi connectivity index (χ0n) is 13.8. The third-order valence-electron chi connectivity index (χ3n) is 4.01. The number of ether oxygens (including phenoxy) is 2. The fraction of sp³-hybridized carbons (Fsp3) is 0.263. The molecule has 1 aliphatic rings. The van der Waals surface area contributed by atoms with Crippen molar-refractivity contribution in [3.63, 3.8) is 0 Å². The second-order valence-corrected chi connectivity index (χ2v) is 5.89. The molecule has 130 valence electrons. The van der Waals surface area contributed by atoms with Crippen molar-refractivity contribution in [1.82, 2.24) is 0 Å². The third-order valence-corrected chi connectivity index (χ3v) is 4.01. The fourth-order valence-corrected chi connectivity index (χ4v) is 2.62. The molecule has 1 aliphatic heterocycles. The first-order chi connectivity index (χ1) is 12.0. The summed E-state index contributed by atoms with van der Waals surface area (Å²) < 4.78 is 11.0. The fourth-order valence-electron chi connectivity index (χ4n) is 2.62. The van der Waals surface area contributed by atoms with Crippen LogP contribution in [0.3, 0.4) is 0 Å². The number of amides is 1. The van der Waals surface area contributed by atoms with Gasteiger partial charge in [0.2, 0.25) is 5.91 Å². The molecule has 2 N–H and O–H groups in total. The lowest BCUT2D eigenvalue weighted by Crippen LogP contribution is -2.17. The van der Waals surface area contributed by atoms with Gasteiger partial charge in [0.05, 0.1) is 12.3 Å². The number of carboxylic acids is 1. The normalized spacial score (nSPS) is 13.8. The van der Waals surface area contributed by atoms with Gasteiger partial charge in [0.15, 0.2) is 11.5 Å². The van der Waals surface area contributed by atoms with Crippen molar-refractivity contribution in [3.8, 4) is 11.5 Å². The van der Waals surface area contributed by atoms with Gasteiger partial charge in [-0.1, -0.05) is 18.2 Å². The molecule has 2 aromatic carbocycles. The first-order valence-corrected chi connectivity index (χ1v) is 8.04. The second-order valence-electron chi connectivity index (χ2n) is 5.89. The number of carbonyl (C=O) groups is 2. The molecule has 0 fully saturated rings. The number of rotatable bonds is 5. The molecule has 3 rings (SSSR count). The maximum atomic E-state index is 12.3. The van der Waals surface area contributed by atoms with Gasteiger partial charge in [0.1, 0.15) is 13.2 Å². The van der Waals surface area contributed by atoms with E-state index >= 15 is 0 Å². The van der Waals surface area contributed by atoms with Crippen LogP contribution in [0.25, 0.3) is 0 Å². The molecular formula is C19H19NO5. The number of hydrogen-bond donors (Lipinski definition) is 2. The van der Waals surface area contributed by atoms with Crippen molar-refractivity contribution in [2.75, 3.05) is 18.5 Å². The first kappa shape index (κ1) is 16.8. The monoisotopic (exact) mass is 341 g/mol. The lowest BCUT2D eigenvalue weighted by Gasteiger charge is -2.18. The number of carbonyl (C=O) groups excluding carboxylic acids is 1. The van der Waals surface area contributed by atoms with Crippen LogP contribution < -0.4 is 14.8 Å². The van der Waals surface area contributed by atoms with Crippen molar-refractivity contribution in [2.24, 2.45) is 0 Å². The Labute approximate surface area is 145 Å². The smallest absolute Gasteiger partial charge is 0.310 e. The second kappa shape index (κ2) is 7.25. The Morgan fingerprint density at radius 1 is 1.12 bits per heavy atom. The molecule has 6 heteroatoms. The molecule has 2 aromatic rings. The summed E-state index contributed by atoms with van der Waals surface area (Å²) >= 11 is 0. The average molecular weight is 341 g/mol. The van der Waals surface area contributed by atoms with E-state index in [-0.39, 0.29) is 12.3 Å². The Morgan fingerprint density at radius 2 is 1.88 bits per heavy atom. The lowest BCUT2D eigenvalue weighted by atomic mass is 10.0. The van der Waals surface area contributed by atoms with Crippen LogP contribution in [0.4, 0.5) is 5.69 Å². The predicted octanol–water partition coefficient (Wildman–Crippen LogP) is 2.83. The zero-order valence-corrected chi connectivity index (χ0v) is 13.8. The molecule has 1 amide bonds. The molecule has 0 aromatic heterocycles. The van der Waals surface area contributed by atoms with Crippen LogP contribution in [0.1, 0.15) is 24.0 Å². The van der Waals surface area contributed by atoms with Crippen molar-refractivity contribution < 1.29 is 24.2 Å². The molecular weight excluding hydrogens is 322 g/mol. The number of fused-ring (bicyclic) bond motifs is 1. The van der Waals surface area contributed by atoms with Gasteiger partial charge in [-0.2, -0.15) is 0 Å². The average Bonchev–Trinajstić information content (AvgIpc) is 2.61. The summed E-state index contributed by atoms with van der Waals surface area (Å²) in [5.41, 5.74) is 2.04. The van der Waals surface area contributed by atoms with Gasteiger partial charge < -0.3 is 19.9 Å². The summed E-state index contributed by atoms with van der Waals surface area (Å²) in [6.45, 7) is 2.63. The molecule has 0 saturated heterocycles. The van der Waals surface area contributed by atoms with Gasteiger partial charge in [-0.05, 0) is 42.3 Å². The highest BCUT2D eigenvalue weighted by molar-refractivity contribution is 5.92. The van der Waals surface area contributed by atoms with Crippen LogP contribution >= 0.6 is 0 Å². The number of nitrogens with one attached hydrogen (secondary N) is 1. The van der Waals surface area contributed by atoms with Gasteiger partial charge in [-0.3, -0.25) is 9.59 Å². The Bertz CT molecular complexity index is 802. The minimum Gasteiger partial charge on any atom is -0.486 e. The molecule has 1 heterocycles. The van der Waals surface area contributed by atoms with E-state index in [0.29, 0.717) is 36.0 Å². The summed E-state index contributed by atoms with van der Waals surface area (Å²) in [6, 6.07) is 12.3.